The molecule has 4 heterocycles. The van der Waals surface area contributed by atoms with Crippen molar-refractivity contribution in [3.8, 4) is 22.6 Å². The van der Waals surface area contributed by atoms with Gasteiger partial charge in [0.05, 0.1) is 22.2 Å². The highest BCUT2D eigenvalue weighted by atomic mass is 16.6. The van der Waals surface area contributed by atoms with Crippen molar-refractivity contribution in [2.45, 2.75) is 6.04 Å². The number of piperazine rings is 1. The highest BCUT2D eigenvalue weighted by molar-refractivity contribution is 5.77. The Balaban J connectivity index is 1.46. The van der Waals surface area contributed by atoms with Gasteiger partial charge in [-0.25, -0.2) is 19.9 Å². The lowest BCUT2D eigenvalue weighted by atomic mass is 10.1. The molecule has 1 unspecified atom stereocenters. The molecule has 0 saturated carbocycles. The Bertz CT molecular complexity index is 1300. The number of imidazole rings is 1. The third-order valence-electron chi connectivity index (χ3n) is 6.01. The standard InChI is InChI=1S/C24H26N10O2/c25-13-20(31-21-6-5-18(14-29-21)34(35)36)24-30-15-19(23-27-7-8-28-23)22(32-24)16-1-3-17(4-2-16)33-11-9-26-10-12-33/h1-8,14-15,20,26H,9-13,25H2,(H,27,28)(H,29,31). The second-order valence-corrected chi connectivity index (χ2v) is 8.30. The van der Waals surface area contributed by atoms with Gasteiger partial charge in [-0.1, -0.05) is 12.1 Å². The molecule has 0 bridgehead atoms. The molecule has 4 aromatic rings. The van der Waals surface area contributed by atoms with Crippen LogP contribution >= 0.6 is 0 Å². The number of aromatic amines is 1. The number of anilines is 2. The molecule has 1 aromatic carbocycles. The van der Waals surface area contributed by atoms with Gasteiger partial charge in [0.1, 0.15) is 17.8 Å². The summed E-state index contributed by atoms with van der Waals surface area (Å²) in [4.78, 5) is 33.9. The summed E-state index contributed by atoms with van der Waals surface area (Å²) in [6.45, 7) is 4.07. The first kappa shape index (κ1) is 23.3. The van der Waals surface area contributed by atoms with Crippen molar-refractivity contribution in [2.75, 3.05) is 42.9 Å². The number of nitrogens with zero attached hydrogens (tertiary/aromatic N) is 6. The number of nitrogens with two attached hydrogens (primary N) is 1. The van der Waals surface area contributed by atoms with E-state index in [-0.39, 0.29) is 12.2 Å². The summed E-state index contributed by atoms with van der Waals surface area (Å²) in [7, 11) is 0. The maximum Gasteiger partial charge on any atom is 0.287 e. The van der Waals surface area contributed by atoms with Gasteiger partial charge in [0.2, 0.25) is 0 Å². The minimum Gasteiger partial charge on any atom is -0.369 e. The predicted molar refractivity (Wildman–Crippen MR) is 136 cm³/mol. The van der Waals surface area contributed by atoms with Gasteiger partial charge in [0.15, 0.2) is 5.82 Å². The van der Waals surface area contributed by atoms with E-state index in [1.165, 1.54) is 24.0 Å². The molecule has 3 aromatic heterocycles. The molecule has 1 atom stereocenters. The summed E-state index contributed by atoms with van der Waals surface area (Å²) < 4.78 is 0. The number of hydrogen-bond donors (Lipinski definition) is 4. The third kappa shape index (κ3) is 4.99. The zero-order valence-electron chi connectivity index (χ0n) is 19.5. The number of rotatable bonds is 8. The Morgan fingerprint density at radius 3 is 2.53 bits per heavy atom. The minimum atomic E-state index is -0.493. The Kier molecular flexibility index (Phi) is 6.78. The van der Waals surface area contributed by atoms with E-state index in [9.17, 15) is 10.1 Å². The van der Waals surface area contributed by atoms with Gasteiger partial charge in [0, 0.05) is 68.6 Å². The van der Waals surface area contributed by atoms with Crippen LogP contribution < -0.4 is 21.3 Å². The first-order valence-corrected chi connectivity index (χ1v) is 11.6. The summed E-state index contributed by atoms with van der Waals surface area (Å²) in [5, 5.41) is 17.5. The Hall–Kier alpha value is -4.42. The molecular weight excluding hydrogens is 460 g/mol. The first-order valence-electron chi connectivity index (χ1n) is 11.6. The first-order chi connectivity index (χ1) is 17.6. The fraction of sp³-hybridized carbons (Fsp3) is 0.250. The van der Waals surface area contributed by atoms with Crippen LogP contribution in [0.1, 0.15) is 11.9 Å². The highest BCUT2D eigenvalue weighted by Gasteiger charge is 2.20. The highest BCUT2D eigenvalue weighted by Crippen LogP contribution is 2.31. The molecule has 1 aliphatic heterocycles. The molecule has 12 nitrogen and oxygen atoms in total. The van der Waals surface area contributed by atoms with Crippen LogP contribution in [0.5, 0.6) is 0 Å². The largest absolute Gasteiger partial charge is 0.369 e. The second-order valence-electron chi connectivity index (χ2n) is 8.30. The molecule has 1 aliphatic rings. The van der Waals surface area contributed by atoms with Crippen LogP contribution in [0.3, 0.4) is 0 Å². The van der Waals surface area contributed by atoms with E-state index in [4.69, 9.17) is 10.7 Å². The van der Waals surface area contributed by atoms with E-state index < -0.39 is 11.0 Å². The van der Waals surface area contributed by atoms with E-state index in [1.54, 1.807) is 18.6 Å². The molecule has 0 radical (unpaired) electrons. The summed E-state index contributed by atoms with van der Waals surface area (Å²) in [5.41, 5.74) is 9.54. The van der Waals surface area contributed by atoms with Crippen molar-refractivity contribution in [1.82, 2.24) is 30.2 Å². The lowest BCUT2D eigenvalue weighted by Crippen LogP contribution is -2.43. The minimum absolute atomic E-state index is 0.0875. The number of nitro groups is 1. The van der Waals surface area contributed by atoms with Crippen LogP contribution in [0.15, 0.2) is 61.2 Å². The molecule has 36 heavy (non-hydrogen) atoms. The Labute approximate surface area is 207 Å². The third-order valence-corrected chi connectivity index (χ3v) is 6.01. The van der Waals surface area contributed by atoms with Gasteiger partial charge in [-0.15, -0.1) is 0 Å². The molecule has 184 valence electrons. The summed E-state index contributed by atoms with van der Waals surface area (Å²) in [5.74, 6) is 1.59. The molecule has 5 N–H and O–H groups in total. The average Bonchev–Trinajstić information content (AvgIpc) is 3.47. The van der Waals surface area contributed by atoms with Gasteiger partial charge in [-0.3, -0.25) is 10.1 Å². The molecule has 1 fully saturated rings. The number of aromatic nitrogens is 5. The zero-order chi connectivity index (χ0) is 24.9. The van der Waals surface area contributed by atoms with Crippen LogP contribution in [0, 0.1) is 10.1 Å². The molecule has 0 spiro atoms. The van der Waals surface area contributed by atoms with Gasteiger partial charge < -0.3 is 26.3 Å². The van der Waals surface area contributed by atoms with Crippen molar-refractivity contribution in [2.24, 2.45) is 5.73 Å². The van der Waals surface area contributed by atoms with E-state index in [1.807, 2.05) is 0 Å². The molecule has 5 rings (SSSR count). The molecule has 12 heteroatoms. The van der Waals surface area contributed by atoms with Crippen molar-refractivity contribution >= 4 is 17.2 Å². The number of H-pyrrole nitrogens is 1. The molecule has 0 amide bonds. The maximum absolute atomic E-state index is 10.9. The number of hydrogen-bond acceptors (Lipinski definition) is 10. The average molecular weight is 487 g/mol. The summed E-state index contributed by atoms with van der Waals surface area (Å²) in [6, 6.07) is 10.8. The topological polar surface area (TPSA) is 164 Å². The van der Waals surface area contributed by atoms with Gasteiger partial charge in [-0.2, -0.15) is 0 Å². The molecular formula is C24H26N10O2. The van der Waals surface area contributed by atoms with Crippen LogP contribution in [0.2, 0.25) is 0 Å². The lowest BCUT2D eigenvalue weighted by Gasteiger charge is -2.29. The number of benzene rings is 1. The molecule has 0 aliphatic carbocycles. The normalized spacial score (nSPS) is 14.4. The maximum atomic E-state index is 10.9. The zero-order valence-corrected chi connectivity index (χ0v) is 19.5. The van der Waals surface area contributed by atoms with E-state index in [0.29, 0.717) is 17.5 Å². The fourth-order valence-electron chi connectivity index (χ4n) is 4.11. The molecule has 1 saturated heterocycles. The fourth-order valence-corrected chi connectivity index (χ4v) is 4.11. The Morgan fingerprint density at radius 2 is 1.89 bits per heavy atom. The monoisotopic (exact) mass is 486 g/mol. The number of pyridine rings is 1. The van der Waals surface area contributed by atoms with Crippen molar-refractivity contribution < 1.29 is 4.92 Å². The van der Waals surface area contributed by atoms with Crippen LogP contribution in [0.4, 0.5) is 17.2 Å². The van der Waals surface area contributed by atoms with Crippen LogP contribution in [-0.4, -0.2) is 62.6 Å². The van der Waals surface area contributed by atoms with E-state index in [2.05, 4.69) is 59.7 Å². The summed E-state index contributed by atoms with van der Waals surface area (Å²) in [6.07, 6.45) is 6.37. The van der Waals surface area contributed by atoms with Crippen molar-refractivity contribution in [3.05, 3.63) is 77.1 Å². The Morgan fingerprint density at radius 1 is 1.08 bits per heavy atom. The second kappa shape index (κ2) is 10.5. The SMILES string of the molecule is NCC(Nc1ccc([N+](=O)[O-])cn1)c1ncc(-c2ncc[nH]2)c(-c2ccc(N3CCNCC3)cc2)n1. The lowest BCUT2D eigenvalue weighted by molar-refractivity contribution is -0.385. The van der Waals surface area contributed by atoms with Crippen LogP contribution in [-0.2, 0) is 0 Å². The van der Waals surface area contributed by atoms with Gasteiger partial charge >= 0.3 is 0 Å². The van der Waals surface area contributed by atoms with E-state index in [0.717, 1.165) is 43.0 Å². The van der Waals surface area contributed by atoms with Crippen LogP contribution in [0.25, 0.3) is 22.6 Å². The summed E-state index contributed by atoms with van der Waals surface area (Å²) >= 11 is 0. The smallest absolute Gasteiger partial charge is 0.287 e. The quantitative estimate of drug-likeness (QED) is 0.215. The number of nitrogens with one attached hydrogen (secondary N) is 3. The van der Waals surface area contributed by atoms with Gasteiger partial charge in [-0.05, 0) is 18.2 Å². The predicted octanol–water partition coefficient (Wildman–Crippen LogP) is 2.36. The van der Waals surface area contributed by atoms with E-state index >= 15 is 0 Å². The van der Waals surface area contributed by atoms with Crippen molar-refractivity contribution in [3.63, 3.8) is 0 Å². The van der Waals surface area contributed by atoms with Crippen molar-refractivity contribution in [1.29, 1.82) is 0 Å². The van der Waals surface area contributed by atoms with Gasteiger partial charge in [0.25, 0.3) is 5.69 Å².